The van der Waals surface area contributed by atoms with Gasteiger partial charge in [-0.25, -0.2) is 4.98 Å². The normalized spacial score (nSPS) is 24.5. The lowest BCUT2D eigenvalue weighted by molar-refractivity contribution is -0.124. The van der Waals surface area contributed by atoms with E-state index in [4.69, 9.17) is 0 Å². The van der Waals surface area contributed by atoms with Crippen molar-refractivity contribution in [2.45, 2.75) is 44.1 Å². The van der Waals surface area contributed by atoms with E-state index in [1.54, 1.807) is 24.3 Å². The highest BCUT2D eigenvalue weighted by Crippen LogP contribution is 2.19. The number of carbonyl (C=O) groups is 1. The van der Waals surface area contributed by atoms with Gasteiger partial charge in [0.05, 0.1) is 35.5 Å². The van der Waals surface area contributed by atoms with E-state index in [1.165, 1.54) is 10.9 Å². The minimum Gasteiger partial charge on any atom is -0.390 e. The van der Waals surface area contributed by atoms with Gasteiger partial charge in [-0.2, -0.15) is 0 Å². The van der Waals surface area contributed by atoms with E-state index >= 15 is 0 Å². The minimum atomic E-state index is -0.973. The number of nitrogens with zero attached hydrogens (tertiary/aromatic N) is 2. The van der Waals surface area contributed by atoms with Crippen molar-refractivity contribution >= 4 is 16.8 Å². The molecule has 0 bridgehead atoms. The highest BCUT2D eigenvalue weighted by molar-refractivity contribution is 5.79. The molecule has 7 heteroatoms. The highest BCUT2D eigenvalue weighted by Gasteiger charge is 2.31. The van der Waals surface area contributed by atoms with E-state index in [1.807, 2.05) is 0 Å². The molecule has 1 fully saturated rings. The molecule has 0 aliphatic heterocycles. The number of aliphatic hydroxyl groups excluding tert-OH is 2. The monoisotopic (exact) mass is 317 g/mol. The fraction of sp³-hybridized carbons (Fsp3) is 0.438. The topological polar surface area (TPSA) is 104 Å². The fourth-order valence-corrected chi connectivity index (χ4v) is 2.94. The number of para-hydroxylation sites is 1. The summed E-state index contributed by atoms with van der Waals surface area (Å²) >= 11 is 0. The Hall–Kier alpha value is -2.25. The summed E-state index contributed by atoms with van der Waals surface area (Å²) in [5.74, 6) is -0.387. The van der Waals surface area contributed by atoms with Crippen LogP contribution in [0.25, 0.3) is 10.9 Å². The van der Waals surface area contributed by atoms with Crippen LogP contribution in [-0.2, 0) is 11.3 Å². The zero-order valence-corrected chi connectivity index (χ0v) is 12.6. The summed E-state index contributed by atoms with van der Waals surface area (Å²) in [7, 11) is 0. The van der Waals surface area contributed by atoms with Crippen molar-refractivity contribution in [3.05, 3.63) is 40.9 Å². The molecular weight excluding hydrogens is 298 g/mol. The number of aromatic nitrogens is 2. The Morgan fingerprint density at radius 3 is 2.91 bits per heavy atom. The lowest BCUT2D eigenvalue weighted by Crippen LogP contribution is -2.51. The largest absolute Gasteiger partial charge is 0.390 e. The van der Waals surface area contributed by atoms with Crippen molar-refractivity contribution in [2.24, 2.45) is 0 Å². The van der Waals surface area contributed by atoms with E-state index < -0.39 is 18.2 Å². The summed E-state index contributed by atoms with van der Waals surface area (Å²) in [6.07, 6.45) is 1.42. The zero-order chi connectivity index (χ0) is 16.4. The van der Waals surface area contributed by atoms with Crippen LogP contribution >= 0.6 is 0 Å². The highest BCUT2D eigenvalue weighted by atomic mass is 16.3. The maximum atomic E-state index is 12.3. The van der Waals surface area contributed by atoms with Gasteiger partial charge in [0.2, 0.25) is 5.91 Å². The zero-order valence-electron chi connectivity index (χ0n) is 12.6. The lowest BCUT2D eigenvalue weighted by Gasteiger charge is -2.32. The molecule has 1 amide bonds. The first-order valence-electron chi connectivity index (χ1n) is 7.66. The Kier molecular flexibility index (Phi) is 4.40. The van der Waals surface area contributed by atoms with E-state index in [2.05, 4.69) is 10.3 Å². The van der Waals surface area contributed by atoms with Gasteiger partial charge >= 0.3 is 0 Å². The first-order valence-corrected chi connectivity index (χ1v) is 7.66. The van der Waals surface area contributed by atoms with Crippen LogP contribution in [0.15, 0.2) is 35.4 Å². The van der Waals surface area contributed by atoms with E-state index in [-0.39, 0.29) is 18.0 Å². The number of amides is 1. The second-order valence-electron chi connectivity index (χ2n) is 5.86. The molecule has 2 aromatic rings. The molecule has 0 saturated heterocycles. The smallest absolute Gasteiger partial charge is 0.261 e. The number of nitrogens with one attached hydrogen (secondary N) is 1. The first-order chi connectivity index (χ1) is 11.1. The Morgan fingerprint density at radius 1 is 1.30 bits per heavy atom. The molecule has 0 unspecified atom stereocenters. The number of hydrogen-bond acceptors (Lipinski definition) is 5. The molecule has 1 aliphatic rings. The minimum absolute atomic E-state index is 0.171. The molecule has 7 nitrogen and oxygen atoms in total. The third kappa shape index (κ3) is 3.25. The SMILES string of the molecule is O=C(Cn1cnc2ccccc2c1=O)N[C@@H]1CCC[C@@H](O)[C@@H]1O. The van der Waals surface area contributed by atoms with Gasteiger partial charge in [-0.15, -0.1) is 0 Å². The number of aliphatic hydroxyl groups is 2. The maximum Gasteiger partial charge on any atom is 0.261 e. The molecular formula is C16H19N3O4. The van der Waals surface area contributed by atoms with E-state index in [0.29, 0.717) is 23.7 Å². The first kappa shape index (κ1) is 15.6. The van der Waals surface area contributed by atoms with Gasteiger partial charge in [-0.05, 0) is 31.4 Å². The Morgan fingerprint density at radius 2 is 2.09 bits per heavy atom. The van der Waals surface area contributed by atoms with Crippen molar-refractivity contribution in [1.29, 1.82) is 0 Å². The van der Waals surface area contributed by atoms with Crippen molar-refractivity contribution < 1.29 is 15.0 Å². The van der Waals surface area contributed by atoms with Crippen molar-refractivity contribution in [2.75, 3.05) is 0 Å². The summed E-state index contributed by atoms with van der Waals surface area (Å²) in [6, 6.07) is 6.45. The lowest BCUT2D eigenvalue weighted by atomic mass is 9.90. The van der Waals surface area contributed by atoms with Gasteiger partial charge in [0.15, 0.2) is 0 Å². The van der Waals surface area contributed by atoms with Crippen LogP contribution in [0, 0.1) is 0 Å². The molecule has 23 heavy (non-hydrogen) atoms. The number of carbonyl (C=O) groups excluding carboxylic acids is 1. The van der Waals surface area contributed by atoms with Crippen LogP contribution in [0.1, 0.15) is 19.3 Å². The fourth-order valence-electron chi connectivity index (χ4n) is 2.94. The predicted molar refractivity (Wildman–Crippen MR) is 83.8 cm³/mol. The van der Waals surface area contributed by atoms with E-state index in [9.17, 15) is 19.8 Å². The van der Waals surface area contributed by atoms with Gasteiger partial charge < -0.3 is 15.5 Å². The molecule has 3 rings (SSSR count). The average Bonchev–Trinajstić information content (AvgIpc) is 2.55. The van der Waals surface area contributed by atoms with Crippen LogP contribution < -0.4 is 10.9 Å². The second-order valence-corrected chi connectivity index (χ2v) is 5.86. The Labute approximate surface area is 132 Å². The number of rotatable bonds is 3. The Bertz CT molecular complexity index is 773. The van der Waals surface area contributed by atoms with Gasteiger partial charge in [0, 0.05) is 0 Å². The van der Waals surface area contributed by atoms with Crippen LogP contribution in [-0.4, -0.2) is 43.9 Å². The maximum absolute atomic E-state index is 12.3. The Balaban J connectivity index is 1.73. The van der Waals surface area contributed by atoms with Crippen molar-refractivity contribution in [3.63, 3.8) is 0 Å². The average molecular weight is 317 g/mol. The number of hydrogen-bond donors (Lipinski definition) is 3. The predicted octanol–water partition coefficient (Wildman–Crippen LogP) is -0.213. The van der Waals surface area contributed by atoms with Crippen LogP contribution in [0.3, 0.4) is 0 Å². The molecule has 3 atom stereocenters. The van der Waals surface area contributed by atoms with Gasteiger partial charge in [0.25, 0.3) is 5.56 Å². The quantitative estimate of drug-likeness (QED) is 0.726. The van der Waals surface area contributed by atoms with Crippen molar-refractivity contribution in [3.8, 4) is 0 Å². The molecule has 122 valence electrons. The third-order valence-corrected chi connectivity index (χ3v) is 4.21. The molecule has 1 heterocycles. The molecule has 1 aliphatic carbocycles. The summed E-state index contributed by atoms with van der Waals surface area (Å²) in [5.41, 5.74) is 0.301. The number of fused-ring (bicyclic) bond motifs is 1. The van der Waals surface area contributed by atoms with E-state index in [0.717, 1.165) is 6.42 Å². The molecule has 1 saturated carbocycles. The molecule has 1 aromatic heterocycles. The van der Waals surface area contributed by atoms with Gasteiger partial charge in [-0.1, -0.05) is 12.1 Å². The van der Waals surface area contributed by atoms with Gasteiger partial charge in [-0.3, -0.25) is 14.2 Å². The number of benzene rings is 1. The van der Waals surface area contributed by atoms with Crippen LogP contribution in [0.2, 0.25) is 0 Å². The molecule has 1 aromatic carbocycles. The summed E-state index contributed by atoms with van der Waals surface area (Å²) in [6.45, 7) is -0.171. The molecule has 0 radical (unpaired) electrons. The standard InChI is InChI=1S/C16H19N3O4/c20-13-7-3-6-12(15(13)22)18-14(21)8-19-9-17-11-5-2-1-4-10(11)16(19)23/h1-2,4-5,9,12-13,15,20,22H,3,6-8H2,(H,18,21)/t12-,13-,15-/m1/s1. The summed E-state index contributed by atoms with van der Waals surface area (Å²) in [5, 5.41) is 22.7. The molecule has 3 N–H and O–H groups in total. The van der Waals surface area contributed by atoms with Crippen LogP contribution in [0.4, 0.5) is 0 Å². The second kappa shape index (κ2) is 6.47. The molecule has 0 spiro atoms. The van der Waals surface area contributed by atoms with Crippen molar-refractivity contribution in [1.82, 2.24) is 14.9 Å². The third-order valence-electron chi connectivity index (χ3n) is 4.21. The summed E-state index contributed by atoms with van der Waals surface area (Å²) < 4.78 is 1.24. The summed E-state index contributed by atoms with van der Waals surface area (Å²) in [4.78, 5) is 28.6. The van der Waals surface area contributed by atoms with Gasteiger partial charge in [0.1, 0.15) is 6.54 Å². The van der Waals surface area contributed by atoms with Crippen LogP contribution in [0.5, 0.6) is 0 Å².